The molecule has 19 heavy (non-hydrogen) atoms. The van der Waals surface area contributed by atoms with Crippen LogP contribution in [0.15, 0.2) is 12.1 Å². The van der Waals surface area contributed by atoms with Gasteiger partial charge < -0.3 is 9.84 Å². The van der Waals surface area contributed by atoms with Crippen LogP contribution < -0.4 is 4.74 Å². The van der Waals surface area contributed by atoms with Gasteiger partial charge in [-0.1, -0.05) is 25.8 Å². The van der Waals surface area contributed by atoms with Crippen molar-refractivity contribution in [3.05, 3.63) is 28.8 Å². The molecule has 2 nitrogen and oxygen atoms in total. The summed E-state index contributed by atoms with van der Waals surface area (Å²) >= 11 is 0. The molecule has 0 spiro atoms. The molecule has 3 atom stereocenters. The lowest BCUT2D eigenvalue weighted by Gasteiger charge is -2.23. The Labute approximate surface area is 116 Å². The molecule has 0 aliphatic heterocycles. The van der Waals surface area contributed by atoms with E-state index in [4.69, 9.17) is 4.74 Å². The molecule has 1 aromatic rings. The van der Waals surface area contributed by atoms with Crippen molar-refractivity contribution in [2.75, 3.05) is 7.11 Å². The van der Waals surface area contributed by atoms with Crippen LogP contribution in [0.2, 0.25) is 0 Å². The van der Waals surface area contributed by atoms with Crippen LogP contribution >= 0.6 is 0 Å². The summed E-state index contributed by atoms with van der Waals surface area (Å²) in [5.41, 5.74) is 3.32. The Hall–Kier alpha value is -1.02. The zero-order valence-corrected chi connectivity index (χ0v) is 12.6. The average molecular weight is 262 g/mol. The number of aliphatic hydroxyl groups excluding tert-OH is 1. The smallest absolute Gasteiger partial charge is 0.125 e. The van der Waals surface area contributed by atoms with Crippen LogP contribution in [0.3, 0.4) is 0 Å². The highest BCUT2D eigenvalue weighted by atomic mass is 16.5. The number of hydrogen-bond acceptors (Lipinski definition) is 2. The molecule has 1 N–H and O–H groups in total. The minimum Gasteiger partial charge on any atom is -0.496 e. The average Bonchev–Trinajstić information content (AvgIpc) is 2.85. The van der Waals surface area contributed by atoms with E-state index in [0.29, 0.717) is 5.92 Å². The van der Waals surface area contributed by atoms with E-state index >= 15 is 0 Å². The standard InChI is InChI=1S/C17H26O2/c1-5-13-6-7-14(10-13)17(18)16-12(3)8-11(2)9-15(16)19-4/h8-9,13-14,17-18H,5-7,10H2,1-4H3. The van der Waals surface area contributed by atoms with E-state index in [0.717, 1.165) is 35.6 Å². The van der Waals surface area contributed by atoms with Crippen molar-refractivity contribution >= 4 is 0 Å². The van der Waals surface area contributed by atoms with Crippen LogP contribution in [0.25, 0.3) is 0 Å². The summed E-state index contributed by atoms with van der Waals surface area (Å²) in [6, 6.07) is 4.16. The highest BCUT2D eigenvalue weighted by Crippen LogP contribution is 2.43. The SMILES string of the molecule is CCC1CCC(C(O)c2c(C)cc(C)cc2OC)C1. The largest absolute Gasteiger partial charge is 0.496 e. The molecule has 0 amide bonds. The van der Waals surface area contributed by atoms with Crippen molar-refractivity contribution in [1.82, 2.24) is 0 Å². The number of ether oxygens (including phenoxy) is 1. The Morgan fingerprint density at radius 3 is 2.63 bits per heavy atom. The van der Waals surface area contributed by atoms with Crippen molar-refractivity contribution in [2.45, 2.75) is 52.6 Å². The quantitative estimate of drug-likeness (QED) is 0.882. The van der Waals surface area contributed by atoms with Gasteiger partial charge in [0.05, 0.1) is 13.2 Å². The predicted molar refractivity (Wildman–Crippen MR) is 78.5 cm³/mol. The zero-order chi connectivity index (χ0) is 14.0. The molecule has 3 unspecified atom stereocenters. The van der Waals surface area contributed by atoms with Gasteiger partial charge in [0.1, 0.15) is 5.75 Å². The first-order valence-corrected chi connectivity index (χ1v) is 7.40. The fraction of sp³-hybridized carbons (Fsp3) is 0.647. The molecule has 1 saturated carbocycles. The first kappa shape index (κ1) is 14.4. The molecule has 2 rings (SSSR count). The second-order valence-corrected chi connectivity index (χ2v) is 5.99. The van der Waals surface area contributed by atoms with E-state index in [2.05, 4.69) is 26.8 Å². The van der Waals surface area contributed by atoms with Gasteiger partial charge in [-0.2, -0.15) is 0 Å². The molecule has 0 heterocycles. The minimum absolute atomic E-state index is 0.382. The lowest BCUT2D eigenvalue weighted by atomic mass is 9.89. The fourth-order valence-corrected chi connectivity index (χ4v) is 3.49. The topological polar surface area (TPSA) is 29.5 Å². The molecule has 1 aliphatic rings. The summed E-state index contributed by atoms with van der Waals surface area (Å²) in [5, 5.41) is 10.7. The van der Waals surface area contributed by atoms with Crippen molar-refractivity contribution in [3.8, 4) is 5.75 Å². The van der Waals surface area contributed by atoms with Gasteiger partial charge in [-0.05, 0) is 55.7 Å². The molecular weight excluding hydrogens is 236 g/mol. The van der Waals surface area contributed by atoms with Gasteiger partial charge >= 0.3 is 0 Å². The van der Waals surface area contributed by atoms with Gasteiger partial charge in [-0.25, -0.2) is 0 Å². The molecule has 0 saturated heterocycles. The summed E-state index contributed by atoms with van der Waals surface area (Å²) in [7, 11) is 1.69. The Bertz CT molecular complexity index is 439. The highest BCUT2D eigenvalue weighted by Gasteiger charge is 2.32. The summed E-state index contributed by atoms with van der Waals surface area (Å²) in [4.78, 5) is 0. The molecule has 1 fully saturated rings. The van der Waals surface area contributed by atoms with Gasteiger partial charge in [0, 0.05) is 5.56 Å². The molecule has 106 valence electrons. The first-order chi connectivity index (χ1) is 9.06. The van der Waals surface area contributed by atoms with E-state index in [-0.39, 0.29) is 6.10 Å². The van der Waals surface area contributed by atoms with Gasteiger partial charge in [0.25, 0.3) is 0 Å². The third kappa shape index (κ3) is 2.94. The van der Waals surface area contributed by atoms with Crippen LogP contribution in [0, 0.1) is 25.7 Å². The number of benzene rings is 1. The van der Waals surface area contributed by atoms with Gasteiger partial charge in [-0.3, -0.25) is 0 Å². The number of aryl methyl sites for hydroxylation is 2. The normalized spacial score (nSPS) is 24.5. The summed E-state index contributed by atoms with van der Waals surface area (Å²) in [6.45, 7) is 6.38. The third-order valence-corrected chi connectivity index (χ3v) is 4.61. The maximum atomic E-state index is 10.7. The maximum absolute atomic E-state index is 10.7. The molecule has 1 aromatic carbocycles. The minimum atomic E-state index is -0.382. The van der Waals surface area contributed by atoms with Gasteiger partial charge in [0.15, 0.2) is 0 Å². The first-order valence-electron chi connectivity index (χ1n) is 7.40. The Kier molecular flexibility index (Phi) is 4.51. The van der Waals surface area contributed by atoms with Crippen LogP contribution in [-0.2, 0) is 0 Å². The van der Waals surface area contributed by atoms with E-state index in [1.165, 1.54) is 18.4 Å². The van der Waals surface area contributed by atoms with Crippen molar-refractivity contribution < 1.29 is 9.84 Å². The van der Waals surface area contributed by atoms with Crippen molar-refractivity contribution in [3.63, 3.8) is 0 Å². The monoisotopic (exact) mass is 262 g/mol. The molecule has 2 heteroatoms. The molecular formula is C17H26O2. The third-order valence-electron chi connectivity index (χ3n) is 4.61. The van der Waals surface area contributed by atoms with Gasteiger partial charge in [0.2, 0.25) is 0 Å². The molecule has 0 bridgehead atoms. The van der Waals surface area contributed by atoms with Crippen LogP contribution in [0.4, 0.5) is 0 Å². The van der Waals surface area contributed by atoms with Crippen LogP contribution in [0.5, 0.6) is 5.75 Å². The lowest BCUT2D eigenvalue weighted by molar-refractivity contribution is 0.105. The summed E-state index contributed by atoms with van der Waals surface area (Å²) < 4.78 is 5.48. The van der Waals surface area contributed by atoms with Crippen LogP contribution in [0.1, 0.15) is 55.4 Å². The maximum Gasteiger partial charge on any atom is 0.125 e. The number of hydrogen-bond donors (Lipinski definition) is 1. The van der Waals surface area contributed by atoms with Crippen molar-refractivity contribution in [2.24, 2.45) is 11.8 Å². The number of methoxy groups -OCH3 is 1. The number of aliphatic hydroxyl groups is 1. The molecule has 0 aromatic heterocycles. The summed E-state index contributed by atoms with van der Waals surface area (Å²) in [6.07, 6.45) is 4.38. The zero-order valence-electron chi connectivity index (χ0n) is 12.6. The molecule has 1 aliphatic carbocycles. The van der Waals surface area contributed by atoms with Crippen molar-refractivity contribution in [1.29, 1.82) is 0 Å². The Balaban J connectivity index is 2.26. The van der Waals surface area contributed by atoms with E-state index < -0.39 is 0 Å². The van der Waals surface area contributed by atoms with Crippen LogP contribution in [-0.4, -0.2) is 12.2 Å². The summed E-state index contributed by atoms with van der Waals surface area (Å²) in [5.74, 6) is 2.02. The van der Waals surface area contributed by atoms with E-state index in [1.807, 2.05) is 6.07 Å². The van der Waals surface area contributed by atoms with Gasteiger partial charge in [-0.15, -0.1) is 0 Å². The second kappa shape index (κ2) is 5.96. The fourth-order valence-electron chi connectivity index (χ4n) is 3.49. The lowest BCUT2D eigenvalue weighted by Crippen LogP contribution is -2.12. The highest BCUT2D eigenvalue weighted by molar-refractivity contribution is 5.44. The van der Waals surface area contributed by atoms with E-state index in [1.54, 1.807) is 7.11 Å². The van der Waals surface area contributed by atoms with E-state index in [9.17, 15) is 5.11 Å². The second-order valence-electron chi connectivity index (χ2n) is 5.99. The Morgan fingerprint density at radius 1 is 1.32 bits per heavy atom. The molecule has 0 radical (unpaired) electrons. The Morgan fingerprint density at radius 2 is 2.05 bits per heavy atom. The predicted octanol–water partition coefficient (Wildman–Crippen LogP) is 4.17. The number of rotatable bonds is 4.